The lowest BCUT2D eigenvalue weighted by molar-refractivity contribution is -0.384. The average molecular weight is 270 g/mol. The zero-order chi connectivity index (χ0) is 13.1. The number of nitro groups is 1. The van der Waals surface area contributed by atoms with Gasteiger partial charge in [-0.25, -0.2) is 4.98 Å². The highest BCUT2D eigenvalue weighted by Gasteiger charge is 2.22. The van der Waals surface area contributed by atoms with Gasteiger partial charge < -0.3 is 5.32 Å². The van der Waals surface area contributed by atoms with Gasteiger partial charge in [0.15, 0.2) is 0 Å². The highest BCUT2D eigenvalue weighted by atomic mass is 35.5. The van der Waals surface area contributed by atoms with Gasteiger partial charge in [0.1, 0.15) is 0 Å². The summed E-state index contributed by atoms with van der Waals surface area (Å²) in [7, 11) is 0. The monoisotopic (exact) mass is 269 g/mol. The maximum Gasteiger partial charge on any atom is 0.312 e. The molecule has 1 aromatic heterocycles. The minimum absolute atomic E-state index is 0.0545. The number of aromatic nitrogens is 1. The van der Waals surface area contributed by atoms with Crippen molar-refractivity contribution in [1.82, 2.24) is 4.98 Å². The molecule has 0 aliphatic heterocycles. The van der Waals surface area contributed by atoms with Gasteiger partial charge in [0.2, 0.25) is 5.82 Å². The molecule has 0 bridgehead atoms. The van der Waals surface area contributed by atoms with Crippen molar-refractivity contribution >= 4 is 23.1 Å². The fraction of sp³-hybridized carbons (Fsp3) is 0.583. The fourth-order valence-electron chi connectivity index (χ4n) is 2.28. The fourth-order valence-corrected chi connectivity index (χ4v) is 2.43. The van der Waals surface area contributed by atoms with Crippen LogP contribution in [0.4, 0.5) is 11.5 Å². The summed E-state index contributed by atoms with van der Waals surface area (Å²) in [6, 6.07) is 1.61. The van der Waals surface area contributed by atoms with Crippen LogP contribution in [0.5, 0.6) is 0 Å². The summed E-state index contributed by atoms with van der Waals surface area (Å²) < 4.78 is 0. The molecule has 2 rings (SSSR count). The van der Waals surface area contributed by atoms with Crippen molar-refractivity contribution < 1.29 is 4.92 Å². The lowest BCUT2D eigenvalue weighted by Gasteiger charge is -2.27. The van der Waals surface area contributed by atoms with E-state index in [0.717, 1.165) is 31.6 Å². The SMILES string of the molecule is CC1CCC(Nc2ncc(Cl)cc2[N+](=O)[O-])CC1. The summed E-state index contributed by atoms with van der Waals surface area (Å²) in [5.74, 6) is 1.07. The lowest BCUT2D eigenvalue weighted by atomic mass is 9.87. The number of rotatable bonds is 3. The second kappa shape index (κ2) is 5.52. The predicted molar refractivity (Wildman–Crippen MR) is 70.9 cm³/mol. The number of hydrogen-bond donors (Lipinski definition) is 1. The van der Waals surface area contributed by atoms with Crippen LogP contribution in [0.15, 0.2) is 12.3 Å². The zero-order valence-electron chi connectivity index (χ0n) is 10.2. The Hall–Kier alpha value is -1.36. The van der Waals surface area contributed by atoms with E-state index in [9.17, 15) is 10.1 Å². The first-order valence-corrected chi connectivity index (χ1v) is 6.50. The van der Waals surface area contributed by atoms with E-state index in [1.807, 2.05) is 0 Å². The Labute approximate surface area is 111 Å². The number of pyridine rings is 1. The molecule has 0 amide bonds. The van der Waals surface area contributed by atoms with Crippen LogP contribution < -0.4 is 5.32 Å². The van der Waals surface area contributed by atoms with E-state index in [2.05, 4.69) is 17.2 Å². The molecule has 18 heavy (non-hydrogen) atoms. The molecule has 0 radical (unpaired) electrons. The van der Waals surface area contributed by atoms with E-state index in [0.29, 0.717) is 5.82 Å². The van der Waals surface area contributed by atoms with Crippen molar-refractivity contribution in [3.63, 3.8) is 0 Å². The predicted octanol–water partition coefficient (Wildman–Crippen LogP) is 3.63. The molecule has 0 aromatic carbocycles. The molecule has 0 spiro atoms. The van der Waals surface area contributed by atoms with Gasteiger partial charge in [-0.3, -0.25) is 10.1 Å². The van der Waals surface area contributed by atoms with Crippen molar-refractivity contribution in [2.45, 2.75) is 38.6 Å². The van der Waals surface area contributed by atoms with Crippen LogP contribution in [-0.4, -0.2) is 15.9 Å². The summed E-state index contributed by atoms with van der Waals surface area (Å²) in [5, 5.41) is 14.4. The van der Waals surface area contributed by atoms with Crippen molar-refractivity contribution in [3.05, 3.63) is 27.4 Å². The van der Waals surface area contributed by atoms with Crippen LogP contribution in [0.25, 0.3) is 0 Å². The molecular formula is C12H16ClN3O2. The second-order valence-corrected chi connectivity index (χ2v) is 5.32. The van der Waals surface area contributed by atoms with Gasteiger partial charge in [-0.1, -0.05) is 18.5 Å². The summed E-state index contributed by atoms with van der Waals surface area (Å²) in [4.78, 5) is 14.5. The van der Waals surface area contributed by atoms with Gasteiger partial charge in [0.05, 0.1) is 9.95 Å². The van der Waals surface area contributed by atoms with Crippen molar-refractivity contribution in [1.29, 1.82) is 0 Å². The zero-order valence-corrected chi connectivity index (χ0v) is 11.0. The first kappa shape index (κ1) is 13.1. The smallest absolute Gasteiger partial charge is 0.312 e. The molecule has 1 aliphatic carbocycles. The topological polar surface area (TPSA) is 68.1 Å². The van der Waals surface area contributed by atoms with Crippen LogP contribution >= 0.6 is 11.6 Å². The normalized spacial score (nSPS) is 23.7. The highest BCUT2D eigenvalue weighted by Crippen LogP contribution is 2.30. The van der Waals surface area contributed by atoms with Crippen molar-refractivity contribution in [3.8, 4) is 0 Å². The Bertz CT molecular complexity index is 445. The summed E-state index contributed by atoms with van der Waals surface area (Å²) in [6.07, 6.45) is 5.80. The van der Waals surface area contributed by atoms with Crippen molar-refractivity contribution in [2.24, 2.45) is 5.92 Å². The molecule has 0 saturated heterocycles. The Morgan fingerprint density at radius 2 is 2.11 bits per heavy atom. The lowest BCUT2D eigenvalue weighted by Crippen LogP contribution is -2.26. The third-order valence-corrected chi connectivity index (χ3v) is 3.59. The van der Waals surface area contributed by atoms with Gasteiger partial charge in [-0.2, -0.15) is 0 Å². The first-order valence-electron chi connectivity index (χ1n) is 6.12. The minimum Gasteiger partial charge on any atom is -0.362 e. The van der Waals surface area contributed by atoms with Crippen LogP contribution in [0.2, 0.25) is 5.02 Å². The van der Waals surface area contributed by atoms with Crippen LogP contribution in [0.3, 0.4) is 0 Å². The number of nitrogens with one attached hydrogen (secondary N) is 1. The van der Waals surface area contributed by atoms with E-state index in [-0.39, 0.29) is 16.8 Å². The van der Waals surface area contributed by atoms with E-state index >= 15 is 0 Å². The third kappa shape index (κ3) is 3.10. The van der Waals surface area contributed by atoms with E-state index in [1.54, 1.807) is 0 Å². The Morgan fingerprint density at radius 3 is 2.72 bits per heavy atom. The first-order chi connectivity index (χ1) is 8.56. The van der Waals surface area contributed by atoms with E-state index in [1.165, 1.54) is 12.3 Å². The van der Waals surface area contributed by atoms with Crippen LogP contribution in [0, 0.1) is 16.0 Å². The Morgan fingerprint density at radius 1 is 1.44 bits per heavy atom. The molecule has 5 nitrogen and oxygen atoms in total. The van der Waals surface area contributed by atoms with Gasteiger partial charge in [0.25, 0.3) is 0 Å². The highest BCUT2D eigenvalue weighted by molar-refractivity contribution is 6.30. The van der Waals surface area contributed by atoms with Gasteiger partial charge in [-0.05, 0) is 31.6 Å². The Kier molecular flexibility index (Phi) is 4.01. The molecule has 1 N–H and O–H groups in total. The standard InChI is InChI=1S/C12H16ClN3O2/c1-8-2-4-10(5-3-8)15-12-11(16(17)18)6-9(13)7-14-12/h6-8,10H,2-5H2,1H3,(H,14,15). The van der Waals surface area contributed by atoms with Gasteiger partial charge >= 0.3 is 5.69 Å². The number of hydrogen-bond acceptors (Lipinski definition) is 4. The summed E-state index contributed by atoms with van der Waals surface area (Å²) >= 11 is 5.73. The van der Waals surface area contributed by atoms with Gasteiger partial charge in [-0.15, -0.1) is 0 Å². The molecule has 1 saturated carbocycles. The molecule has 1 aliphatic rings. The number of nitrogens with zero attached hydrogens (tertiary/aromatic N) is 2. The van der Waals surface area contributed by atoms with Gasteiger partial charge in [0, 0.05) is 18.3 Å². The molecular weight excluding hydrogens is 254 g/mol. The molecule has 0 atom stereocenters. The maximum atomic E-state index is 10.9. The molecule has 98 valence electrons. The van der Waals surface area contributed by atoms with Crippen LogP contribution in [0.1, 0.15) is 32.6 Å². The largest absolute Gasteiger partial charge is 0.362 e. The minimum atomic E-state index is -0.452. The quantitative estimate of drug-likeness (QED) is 0.672. The second-order valence-electron chi connectivity index (χ2n) is 4.88. The number of anilines is 1. The Balaban J connectivity index is 2.11. The molecule has 1 fully saturated rings. The molecule has 6 heteroatoms. The van der Waals surface area contributed by atoms with Crippen LogP contribution in [-0.2, 0) is 0 Å². The van der Waals surface area contributed by atoms with E-state index < -0.39 is 4.92 Å². The summed E-state index contributed by atoms with van der Waals surface area (Å²) in [5.41, 5.74) is -0.0545. The molecule has 0 unspecified atom stereocenters. The number of halogens is 1. The molecule has 1 heterocycles. The summed E-state index contributed by atoms with van der Waals surface area (Å²) in [6.45, 7) is 2.24. The van der Waals surface area contributed by atoms with E-state index in [4.69, 9.17) is 11.6 Å². The third-order valence-electron chi connectivity index (χ3n) is 3.39. The maximum absolute atomic E-state index is 10.9. The van der Waals surface area contributed by atoms with Crippen molar-refractivity contribution in [2.75, 3.05) is 5.32 Å². The average Bonchev–Trinajstić information content (AvgIpc) is 2.34. The molecule has 1 aromatic rings.